The molecule has 6 heteroatoms. The zero-order valence-corrected chi connectivity index (χ0v) is 14.1. The highest BCUT2D eigenvalue weighted by Crippen LogP contribution is 2.42. The number of carbonyl (C=O) groups excluding carboxylic acids is 1. The average Bonchev–Trinajstić information content (AvgIpc) is 3.38. The molecule has 4 rings (SSSR count). The lowest BCUT2D eigenvalue weighted by molar-refractivity contribution is 0.0750. The first kappa shape index (κ1) is 14.6. The summed E-state index contributed by atoms with van der Waals surface area (Å²) in [5, 5.41) is 1.15. The van der Waals surface area contributed by atoms with Crippen molar-refractivity contribution >= 4 is 23.1 Å². The molecule has 0 atom stereocenters. The van der Waals surface area contributed by atoms with Gasteiger partial charge in [0.1, 0.15) is 10.7 Å². The van der Waals surface area contributed by atoms with Gasteiger partial charge in [-0.15, -0.1) is 11.3 Å². The number of thiazole rings is 1. The molecule has 0 unspecified atom stereocenters. The standard InChI is InChI=1S/C17H20N4OS/c1-12-15(23-16(19-12)13-5-6-13)17(22)21-10-8-20(9-11-21)14-4-2-3-7-18-14/h2-4,7,13H,5-6,8-11H2,1H3. The number of aryl methyl sites for hydroxylation is 1. The summed E-state index contributed by atoms with van der Waals surface area (Å²) in [6.07, 6.45) is 4.26. The Balaban J connectivity index is 1.43. The SMILES string of the molecule is Cc1nc(C2CC2)sc1C(=O)N1CCN(c2ccccn2)CC1. The third-order valence-electron chi connectivity index (χ3n) is 4.47. The van der Waals surface area contributed by atoms with Crippen molar-refractivity contribution in [2.24, 2.45) is 0 Å². The first-order valence-electron chi connectivity index (χ1n) is 8.15. The fourth-order valence-corrected chi connectivity index (χ4v) is 4.15. The van der Waals surface area contributed by atoms with E-state index < -0.39 is 0 Å². The van der Waals surface area contributed by atoms with Gasteiger partial charge in [0, 0.05) is 38.3 Å². The highest BCUT2D eigenvalue weighted by atomic mass is 32.1. The molecule has 0 radical (unpaired) electrons. The second-order valence-corrected chi connectivity index (χ2v) is 7.24. The van der Waals surface area contributed by atoms with Crippen LogP contribution in [0.1, 0.15) is 39.1 Å². The van der Waals surface area contributed by atoms with E-state index in [2.05, 4.69) is 14.9 Å². The third kappa shape index (κ3) is 2.95. The summed E-state index contributed by atoms with van der Waals surface area (Å²) in [4.78, 5) is 26.8. The summed E-state index contributed by atoms with van der Waals surface area (Å²) < 4.78 is 0. The summed E-state index contributed by atoms with van der Waals surface area (Å²) in [5.74, 6) is 1.75. The van der Waals surface area contributed by atoms with Crippen molar-refractivity contribution in [3.63, 3.8) is 0 Å². The number of pyridine rings is 1. The van der Waals surface area contributed by atoms with Gasteiger partial charge in [0.2, 0.25) is 0 Å². The lowest BCUT2D eigenvalue weighted by atomic mass is 10.2. The van der Waals surface area contributed by atoms with Gasteiger partial charge in [-0.1, -0.05) is 6.07 Å². The molecule has 0 N–H and O–H groups in total. The van der Waals surface area contributed by atoms with Crippen LogP contribution in [0.15, 0.2) is 24.4 Å². The van der Waals surface area contributed by atoms with Gasteiger partial charge in [-0.3, -0.25) is 4.79 Å². The fraction of sp³-hybridized carbons (Fsp3) is 0.471. The van der Waals surface area contributed by atoms with Gasteiger partial charge in [0.15, 0.2) is 0 Å². The smallest absolute Gasteiger partial charge is 0.265 e. The van der Waals surface area contributed by atoms with Crippen molar-refractivity contribution in [3.05, 3.63) is 40.0 Å². The molecule has 0 bridgehead atoms. The first-order chi connectivity index (χ1) is 11.2. The zero-order valence-electron chi connectivity index (χ0n) is 13.2. The van der Waals surface area contributed by atoms with Gasteiger partial charge in [0.05, 0.1) is 10.7 Å². The summed E-state index contributed by atoms with van der Waals surface area (Å²) in [6, 6.07) is 5.94. The van der Waals surface area contributed by atoms with Crippen molar-refractivity contribution in [1.82, 2.24) is 14.9 Å². The summed E-state index contributed by atoms with van der Waals surface area (Å²) >= 11 is 1.60. The Labute approximate surface area is 140 Å². The van der Waals surface area contributed by atoms with Crippen LogP contribution in [0.3, 0.4) is 0 Å². The first-order valence-corrected chi connectivity index (χ1v) is 8.96. The van der Waals surface area contributed by atoms with Gasteiger partial charge in [-0.05, 0) is 31.9 Å². The average molecular weight is 328 g/mol. The van der Waals surface area contributed by atoms with Crippen LogP contribution in [0.4, 0.5) is 5.82 Å². The molecule has 0 aromatic carbocycles. The van der Waals surface area contributed by atoms with Crippen LogP contribution in [0.5, 0.6) is 0 Å². The van der Waals surface area contributed by atoms with Crippen LogP contribution in [-0.2, 0) is 0 Å². The number of carbonyl (C=O) groups is 1. The highest BCUT2D eigenvalue weighted by molar-refractivity contribution is 7.13. The van der Waals surface area contributed by atoms with Gasteiger partial charge < -0.3 is 9.80 Å². The molecule has 5 nitrogen and oxygen atoms in total. The van der Waals surface area contributed by atoms with Gasteiger partial charge in [-0.25, -0.2) is 9.97 Å². The minimum absolute atomic E-state index is 0.146. The molecule has 23 heavy (non-hydrogen) atoms. The van der Waals surface area contributed by atoms with Crippen molar-refractivity contribution in [1.29, 1.82) is 0 Å². The number of rotatable bonds is 3. The van der Waals surface area contributed by atoms with E-state index in [-0.39, 0.29) is 5.91 Å². The molecule has 1 saturated heterocycles. The number of hydrogen-bond acceptors (Lipinski definition) is 5. The molecule has 1 aliphatic heterocycles. The highest BCUT2D eigenvalue weighted by Gasteiger charge is 2.31. The van der Waals surface area contributed by atoms with E-state index in [1.165, 1.54) is 12.8 Å². The van der Waals surface area contributed by atoms with Crippen LogP contribution in [0, 0.1) is 6.92 Å². The monoisotopic (exact) mass is 328 g/mol. The van der Waals surface area contributed by atoms with Crippen LogP contribution in [0.25, 0.3) is 0 Å². The third-order valence-corrected chi connectivity index (χ3v) is 5.78. The summed E-state index contributed by atoms with van der Waals surface area (Å²) in [5.41, 5.74) is 0.897. The maximum atomic E-state index is 12.8. The quantitative estimate of drug-likeness (QED) is 0.869. The van der Waals surface area contributed by atoms with E-state index in [9.17, 15) is 4.79 Å². The molecular formula is C17H20N4OS. The Morgan fingerprint density at radius 2 is 2.00 bits per heavy atom. The van der Waals surface area contributed by atoms with Gasteiger partial charge >= 0.3 is 0 Å². The maximum Gasteiger partial charge on any atom is 0.265 e. The molecule has 3 heterocycles. The van der Waals surface area contributed by atoms with Crippen molar-refractivity contribution in [2.45, 2.75) is 25.7 Å². The lowest BCUT2D eigenvalue weighted by Crippen LogP contribution is -2.49. The molecule has 1 saturated carbocycles. The largest absolute Gasteiger partial charge is 0.353 e. The number of anilines is 1. The molecule has 2 aliphatic rings. The fourth-order valence-electron chi connectivity index (χ4n) is 2.94. The normalized spacial score (nSPS) is 18.3. The van der Waals surface area contributed by atoms with Crippen LogP contribution < -0.4 is 4.90 Å². The predicted octanol–water partition coefficient (Wildman–Crippen LogP) is 2.69. The summed E-state index contributed by atoms with van der Waals surface area (Å²) in [7, 11) is 0. The van der Waals surface area contributed by atoms with Crippen LogP contribution in [-0.4, -0.2) is 47.0 Å². The number of aromatic nitrogens is 2. The minimum atomic E-state index is 0.146. The second-order valence-electron chi connectivity index (χ2n) is 6.21. The van der Waals surface area contributed by atoms with Crippen LogP contribution >= 0.6 is 11.3 Å². The molecule has 120 valence electrons. The Hall–Kier alpha value is -1.95. The van der Waals surface area contributed by atoms with Crippen molar-refractivity contribution in [3.8, 4) is 0 Å². The molecule has 1 amide bonds. The topological polar surface area (TPSA) is 49.3 Å². The van der Waals surface area contributed by atoms with E-state index in [1.54, 1.807) is 11.3 Å². The zero-order chi connectivity index (χ0) is 15.8. The second kappa shape index (κ2) is 5.92. The Morgan fingerprint density at radius 1 is 1.22 bits per heavy atom. The van der Waals surface area contributed by atoms with Crippen LogP contribution in [0.2, 0.25) is 0 Å². The lowest BCUT2D eigenvalue weighted by Gasteiger charge is -2.35. The number of piperazine rings is 1. The predicted molar refractivity (Wildman–Crippen MR) is 91.2 cm³/mol. The Bertz CT molecular complexity index is 703. The van der Waals surface area contributed by atoms with E-state index in [0.717, 1.165) is 47.6 Å². The molecule has 1 aliphatic carbocycles. The minimum Gasteiger partial charge on any atom is -0.353 e. The molecular weight excluding hydrogens is 308 g/mol. The maximum absolute atomic E-state index is 12.8. The van der Waals surface area contributed by atoms with Gasteiger partial charge in [-0.2, -0.15) is 0 Å². The van der Waals surface area contributed by atoms with Crippen molar-refractivity contribution < 1.29 is 4.79 Å². The van der Waals surface area contributed by atoms with E-state index in [0.29, 0.717) is 5.92 Å². The van der Waals surface area contributed by atoms with E-state index in [1.807, 2.05) is 36.2 Å². The molecule has 2 fully saturated rings. The van der Waals surface area contributed by atoms with E-state index in [4.69, 9.17) is 0 Å². The molecule has 2 aromatic rings. The number of nitrogens with zero attached hydrogens (tertiary/aromatic N) is 4. The van der Waals surface area contributed by atoms with E-state index >= 15 is 0 Å². The molecule has 0 spiro atoms. The molecule has 2 aromatic heterocycles. The Kier molecular flexibility index (Phi) is 3.77. The summed E-state index contributed by atoms with van der Waals surface area (Å²) in [6.45, 7) is 5.10. The number of hydrogen-bond donors (Lipinski definition) is 0. The van der Waals surface area contributed by atoms with Gasteiger partial charge in [0.25, 0.3) is 5.91 Å². The number of amides is 1. The van der Waals surface area contributed by atoms with Crippen molar-refractivity contribution in [2.75, 3.05) is 31.1 Å². The Morgan fingerprint density at radius 3 is 2.65 bits per heavy atom.